The molecule has 132 valence electrons. The molecular formula is C17H16N6O2S. The monoisotopic (exact) mass is 368 g/mol. The molecule has 4 rings (SSSR count). The lowest BCUT2D eigenvalue weighted by atomic mass is 10.1. The highest BCUT2D eigenvalue weighted by molar-refractivity contribution is 7.90. The van der Waals surface area contributed by atoms with Gasteiger partial charge in [0.15, 0.2) is 15.5 Å². The minimum atomic E-state index is -3.29. The third-order valence-corrected chi connectivity index (χ3v) is 4.99. The van der Waals surface area contributed by atoms with Crippen LogP contribution >= 0.6 is 0 Å². The summed E-state index contributed by atoms with van der Waals surface area (Å²) in [5.74, 6) is 0.435. The van der Waals surface area contributed by atoms with Crippen LogP contribution in [0.25, 0.3) is 16.9 Å². The van der Waals surface area contributed by atoms with Gasteiger partial charge in [0.1, 0.15) is 0 Å². The predicted octanol–water partition coefficient (Wildman–Crippen LogP) is 2.28. The lowest BCUT2D eigenvalue weighted by Crippen LogP contribution is -1.99. The largest absolute Gasteiger partial charge is 0.320 e. The zero-order valence-electron chi connectivity index (χ0n) is 14.2. The van der Waals surface area contributed by atoms with E-state index in [0.717, 1.165) is 16.9 Å². The molecule has 1 N–H and O–H groups in total. The summed E-state index contributed by atoms with van der Waals surface area (Å²) in [6.07, 6.45) is 4.70. The second kappa shape index (κ2) is 5.95. The smallest absolute Gasteiger partial charge is 0.247 e. The minimum absolute atomic E-state index is 0.265. The molecule has 1 aromatic carbocycles. The SMILES string of the molecule is Cn1cc(Nc2nc3cccc(-c4cccc(S(C)(=O)=O)c4)n3n2)cn1. The number of hydrogen-bond donors (Lipinski definition) is 1. The zero-order valence-corrected chi connectivity index (χ0v) is 15.0. The van der Waals surface area contributed by atoms with Crippen LogP contribution in [0.1, 0.15) is 0 Å². The van der Waals surface area contributed by atoms with Crippen LogP contribution in [0.2, 0.25) is 0 Å². The number of nitrogens with one attached hydrogen (secondary N) is 1. The first-order valence-corrected chi connectivity index (χ1v) is 9.71. The van der Waals surface area contributed by atoms with E-state index in [1.807, 2.05) is 37.5 Å². The number of nitrogens with zero attached hydrogens (tertiary/aromatic N) is 5. The van der Waals surface area contributed by atoms with E-state index in [1.54, 1.807) is 33.6 Å². The standard InChI is InChI=1S/C17H16N6O2S/c1-22-11-13(10-18-22)19-17-20-16-8-4-7-15(23(16)21-17)12-5-3-6-14(9-12)26(2,24)25/h3-11H,1-2H3,(H,19,21). The average molecular weight is 368 g/mol. The molecule has 8 nitrogen and oxygen atoms in total. The molecule has 0 radical (unpaired) electrons. The number of rotatable bonds is 4. The van der Waals surface area contributed by atoms with Crippen LogP contribution in [0.3, 0.4) is 0 Å². The van der Waals surface area contributed by atoms with Crippen molar-refractivity contribution in [1.82, 2.24) is 24.4 Å². The van der Waals surface area contributed by atoms with Gasteiger partial charge in [-0.15, -0.1) is 5.10 Å². The van der Waals surface area contributed by atoms with Gasteiger partial charge in [0, 0.05) is 25.1 Å². The fourth-order valence-electron chi connectivity index (χ4n) is 2.68. The van der Waals surface area contributed by atoms with Gasteiger partial charge in [0.05, 0.1) is 22.5 Å². The van der Waals surface area contributed by atoms with Crippen molar-refractivity contribution in [2.24, 2.45) is 7.05 Å². The van der Waals surface area contributed by atoms with Crippen molar-refractivity contribution in [2.75, 3.05) is 11.6 Å². The Labute approximate surface area is 150 Å². The van der Waals surface area contributed by atoms with Crippen LogP contribution in [0.4, 0.5) is 11.6 Å². The van der Waals surface area contributed by atoms with E-state index >= 15 is 0 Å². The molecule has 0 unspecified atom stereocenters. The summed E-state index contributed by atoms with van der Waals surface area (Å²) >= 11 is 0. The van der Waals surface area contributed by atoms with Gasteiger partial charge < -0.3 is 5.32 Å². The van der Waals surface area contributed by atoms with Gasteiger partial charge >= 0.3 is 0 Å². The van der Waals surface area contributed by atoms with E-state index in [-0.39, 0.29) is 4.90 Å². The molecule has 0 aliphatic heterocycles. The van der Waals surface area contributed by atoms with Crippen LogP contribution in [0.15, 0.2) is 59.8 Å². The molecule has 0 amide bonds. The Balaban J connectivity index is 1.79. The second-order valence-electron chi connectivity index (χ2n) is 5.94. The Morgan fingerprint density at radius 2 is 1.92 bits per heavy atom. The molecule has 3 aromatic heterocycles. The third kappa shape index (κ3) is 3.04. The van der Waals surface area contributed by atoms with E-state index in [9.17, 15) is 8.42 Å². The Morgan fingerprint density at radius 3 is 2.65 bits per heavy atom. The second-order valence-corrected chi connectivity index (χ2v) is 7.96. The van der Waals surface area contributed by atoms with Crippen LogP contribution < -0.4 is 5.32 Å². The molecule has 26 heavy (non-hydrogen) atoms. The lowest BCUT2D eigenvalue weighted by molar-refractivity contribution is 0.602. The van der Waals surface area contributed by atoms with Crippen LogP contribution in [0, 0.1) is 0 Å². The van der Waals surface area contributed by atoms with Gasteiger partial charge in [0.2, 0.25) is 5.95 Å². The first-order chi connectivity index (χ1) is 12.4. The van der Waals surface area contributed by atoms with Gasteiger partial charge in [-0.3, -0.25) is 4.68 Å². The summed E-state index contributed by atoms with van der Waals surface area (Å²) in [5.41, 5.74) is 2.93. The number of benzene rings is 1. The summed E-state index contributed by atoms with van der Waals surface area (Å²) in [6, 6.07) is 12.4. The highest BCUT2D eigenvalue weighted by Gasteiger charge is 2.12. The molecule has 4 aromatic rings. The summed E-state index contributed by atoms with van der Waals surface area (Å²) in [5, 5.41) is 11.7. The average Bonchev–Trinajstić information content (AvgIpc) is 3.19. The number of sulfone groups is 1. The van der Waals surface area contributed by atoms with E-state index in [0.29, 0.717) is 11.6 Å². The van der Waals surface area contributed by atoms with E-state index < -0.39 is 9.84 Å². The van der Waals surface area contributed by atoms with E-state index in [4.69, 9.17) is 0 Å². The van der Waals surface area contributed by atoms with Gasteiger partial charge in [0.25, 0.3) is 0 Å². The number of aryl methyl sites for hydroxylation is 1. The van der Waals surface area contributed by atoms with Crippen molar-refractivity contribution in [2.45, 2.75) is 4.90 Å². The summed E-state index contributed by atoms with van der Waals surface area (Å²) in [6.45, 7) is 0. The first kappa shape index (κ1) is 16.3. The number of aromatic nitrogens is 5. The highest BCUT2D eigenvalue weighted by atomic mass is 32.2. The maximum atomic E-state index is 11.8. The number of pyridine rings is 1. The molecule has 3 heterocycles. The predicted molar refractivity (Wildman–Crippen MR) is 98.0 cm³/mol. The minimum Gasteiger partial charge on any atom is -0.320 e. The van der Waals surface area contributed by atoms with Crippen LogP contribution in [-0.2, 0) is 16.9 Å². The molecular weight excluding hydrogens is 352 g/mol. The van der Waals surface area contributed by atoms with Gasteiger partial charge in [-0.05, 0) is 24.3 Å². The summed E-state index contributed by atoms with van der Waals surface area (Å²) in [4.78, 5) is 4.72. The van der Waals surface area contributed by atoms with Crippen molar-refractivity contribution < 1.29 is 8.42 Å². The number of anilines is 2. The van der Waals surface area contributed by atoms with E-state index in [2.05, 4.69) is 20.5 Å². The summed E-state index contributed by atoms with van der Waals surface area (Å²) < 4.78 is 27.0. The zero-order chi connectivity index (χ0) is 18.3. The Morgan fingerprint density at radius 1 is 1.12 bits per heavy atom. The molecule has 0 aliphatic rings. The normalized spacial score (nSPS) is 11.8. The topological polar surface area (TPSA) is 94.2 Å². The maximum Gasteiger partial charge on any atom is 0.247 e. The van der Waals surface area contributed by atoms with Crippen LogP contribution in [-0.4, -0.2) is 39.1 Å². The summed E-state index contributed by atoms with van der Waals surface area (Å²) in [7, 11) is -1.46. The lowest BCUT2D eigenvalue weighted by Gasteiger charge is -2.06. The van der Waals surface area contributed by atoms with Crippen LogP contribution in [0.5, 0.6) is 0 Å². The van der Waals surface area contributed by atoms with Gasteiger partial charge in [-0.25, -0.2) is 12.9 Å². The van der Waals surface area contributed by atoms with Gasteiger partial charge in [-0.1, -0.05) is 18.2 Å². The molecule has 0 saturated carbocycles. The fourth-order valence-corrected chi connectivity index (χ4v) is 3.34. The van der Waals surface area contributed by atoms with Crippen molar-refractivity contribution in [3.8, 4) is 11.3 Å². The molecule has 0 spiro atoms. The Kier molecular flexibility index (Phi) is 3.73. The fraction of sp³-hybridized carbons (Fsp3) is 0.118. The van der Waals surface area contributed by atoms with Crippen molar-refractivity contribution in [3.05, 3.63) is 54.9 Å². The van der Waals surface area contributed by atoms with Crippen molar-refractivity contribution in [1.29, 1.82) is 0 Å². The molecule has 0 bridgehead atoms. The molecule has 0 fully saturated rings. The molecule has 0 atom stereocenters. The highest BCUT2D eigenvalue weighted by Crippen LogP contribution is 2.24. The van der Waals surface area contributed by atoms with Gasteiger partial charge in [-0.2, -0.15) is 10.1 Å². The molecule has 0 saturated heterocycles. The third-order valence-electron chi connectivity index (χ3n) is 3.88. The van der Waals surface area contributed by atoms with Crippen molar-refractivity contribution in [3.63, 3.8) is 0 Å². The molecule has 0 aliphatic carbocycles. The van der Waals surface area contributed by atoms with E-state index in [1.165, 1.54) is 6.26 Å². The Bertz CT molecular complexity index is 1210. The number of hydrogen-bond acceptors (Lipinski definition) is 6. The quantitative estimate of drug-likeness (QED) is 0.594. The molecule has 9 heteroatoms. The maximum absolute atomic E-state index is 11.8. The first-order valence-electron chi connectivity index (χ1n) is 7.82. The number of fused-ring (bicyclic) bond motifs is 1. The van der Waals surface area contributed by atoms with Crippen molar-refractivity contribution >= 4 is 27.1 Å². The Hall–Kier alpha value is -3.20.